The quantitative estimate of drug-likeness (QED) is 0.620. The predicted molar refractivity (Wildman–Crippen MR) is 110 cm³/mol. The van der Waals surface area contributed by atoms with E-state index in [9.17, 15) is 4.79 Å². The van der Waals surface area contributed by atoms with Gasteiger partial charge in [-0.1, -0.05) is 0 Å². The summed E-state index contributed by atoms with van der Waals surface area (Å²) in [7, 11) is 0. The molecule has 11 heteroatoms. The Balaban J connectivity index is 0.000000480. The van der Waals surface area contributed by atoms with Crippen molar-refractivity contribution in [1.82, 2.24) is 19.7 Å². The highest BCUT2D eigenvalue weighted by Gasteiger charge is 2.50. The molecular weight excluding hydrogens is 412 g/mol. The minimum atomic E-state index is -0.250. The van der Waals surface area contributed by atoms with Crippen LogP contribution in [0.1, 0.15) is 17.8 Å². The Labute approximate surface area is 180 Å². The lowest BCUT2D eigenvalue weighted by Gasteiger charge is -2.29. The number of morpholine rings is 1. The van der Waals surface area contributed by atoms with Crippen LogP contribution in [0.5, 0.6) is 0 Å². The summed E-state index contributed by atoms with van der Waals surface area (Å²) in [6, 6.07) is 0. The molecule has 1 amide bonds. The zero-order valence-corrected chi connectivity index (χ0v) is 17.8. The first kappa shape index (κ1) is 24.2. The second-order valence-corrected chi connectivity index (χ2v) is 8.35. The molecule has 1 aromatic heterocycles. The molecule has 3 saturated heterocycles. The van der Waals surface area contributed by atoms with Crippen LogP contribution in [0.25, 0.3) is 0 Å². The van der Waals surface area contributed by atoms with Gasteiger partial charge in [0.25, 0.3) is 12.9 Å². The normalized spacial score (nSPS) is 24.1. The summed E-state index contributed by atoms with van der Waals surface area (Å²) in [5.41, 5.74) is -0.123. The van der Waals surface area contributed by atoms with E-state index in [0.717, 1.165) is 83.4 Å². The van der Waals surface area contributed by atoms with Crippen LogP contribution >= 0.6 is 11.3 Å². The van der Waals surface area contributed by atoms with Crippen LogP contribution in [0.15, 0.2) is 11.6 Å². The number of hydrogen-bond donors (Lipinski definition) is 2. The fraction of sp³-hybridized carbons (Fsp3) is 0.684. The predicted octanol–water partition coefficient (Wildman–Crippen LogP) is 0.301. The number of nitrogens with zero attached hydrogens (tertiary/aromatic N) is 4. The number of aromatic nitrogens is 1. The molecule has 1 aromatic rings. The van der Waals surface area contributed by atoms with Gasteiger partial charge in [0.05, 0.1) is 25.2 Å². The van der Waals surface area contributed by atoms with Crippen LogP contribution in [0.2, 0.25) is 0 Å². The fourth-order valence-electron chi connectivity index (χ4n) is 4.19. The van der Waals surface area contributed by atoms with Crippen molar-refractivity contribution in [2.75, 3.05) is 59.0 Å². The van der Waals surface area contributed by atoms with E-state index in [1.165, 1.54) is 0 Å². The van der Waals surface area contributed by atoms with Gasteiger partial charge in [0.2, 0.25) is 5.91 Å². The van der Waals surface area contributed by atoms with Gasteiger partial charge in [0.1, 0.15) is 5.01 Å². The number of carbonyl (C=O) groups excluding carboxylic acids is 1. The van der Waals surface area contributed by atoms with E-state index >= 15 is 0 Å². The molecule has 4 heterocycles. The Kier molecular flexibility index (Phi) is 10.1. The van der Waals surface area contributed by atoms with E-state index in [2.05, 4.69) is 19.7 Å². The van der Waals surface area contributed by atoms with Crippen molar-refractivity contribution in [2.24, 2.45) is 5.41 Å². The number of thiazole rings is 1. The molecule has 1 unspecified atom stereocenters. The molecular formula is C19H30N4O6S. The van der Waals surface area contributed by atoms with E-state index in [0.29, 0.717) is 5.91 Å². The third-order valence-corrected chi connectivity index (χ3v) is 6.43. The maximum Gasteiger partial charge on any atom is 0.290 e. The van der Waals surface area contributed by atoms with E-state index in [-0.39, 0.29) is 18.4 Å². The highest BCUT2D eigenvalue weighted by Crippen LogP contribution is 2.41. The summed E-state index contributed by atoms with van der Waals surface area (Å²) in [5.74, 6) is 0.386. The molecule has 4 rings (SSSR count). The molecule has 3 aliphatic rings. The summed E-state index contributed by atoms with van der Waals surface area (Å²) in [6.45, 7) is 8.72. The lowest BCUT2D eigenvalue weighted by molar-refractivity contribution is -0.135. The second-order valence-electron chi connectivity index (χ2n) is 7.37. The van der Waals surface area contributed by atoms with Crippen molar-refractivity contribution in [2.45, 2.75) is 19.4 Å². The van der Waals surface area contributed by atoms with E-state index < -0.39 is 0 Å². The highest BCUT2D eigenvalue weighted by molar-refractivity contribution is 7.09. The monoisotopic (exact) mass is 442 g/mol. The molecule has 0 aromatic carbocycles. The van der Waals surface area contributed by atoms with Crippen LogP contribution in [-0.4, -0.2) is 108 Å². The average Bonchev–Trinajstić information content (AvgIpc) is 3.47. The van der Waals surface area contributed by atoms with Crippen molar-refractivity contribution in [3.05, 3.63) is 16.6 Å². The number of carbonyl (C=O) groups is 3. The van der Waals surface area contributed by atoms with E-state index in [1.807, 2.05) is 11.6 Å². The second kappa shape index (κ2) is 12.6. The van der Waals surface area contributed by atoms with Crippen molar-refractivity contribution >= 4 is 30.2 Å². The molecule has 0 aliphatic carbocycles. The number of rotatable bonds is 5. The summed E-state index contributed by atoms with van der Waals surface area (Å²) in [4.78, 5) is 41.0. The SMILES string of the molecule is O=C1N(CCN2CCOCC2)CCC12CCN(Cc1nccs1)C2.O=CO.O=CO. The molecule has 0 radical (unpaired) electrons. The van der Waals surface area contributed by atoms with E-state index in [4.69, 9.17) is 24.5 Å². The maximum atomic E-state index is 13.0. The summed E-state index contributed by atoms with van der Waals surface area (Å²) < 4.78 is 5.39. The van der Waals surface area contributed by atoms with Gasteiger partial charge in [-0.3, -0.25) is 24.2 Å². The Hall–Kier alpha value is -2.08. The van der Waals surface area contributed by atoms with Crippen LogP contribution < -0.4 is 0 Å². The Morgan fingerprint density at radius 3 is 2.37 bits per heavy atom. The Morgan fingerprint density at radius 1 is 1.07 bits per heavy atom. The average molecular weight is 443 g/mol. The van der Waals surface area contributed by atoms with Crippen molar-refractivity contribution in [3.8, 4) is 0 Å². The zero-order valence-electron chi connectivity index (χ0n) is 17.0. The molecule has 0 bridgehead atoms. The number of ether oxygens (including phenoxy) is 1. The molecule has 168 valence electrons. The van der Waals surface area contributed by atoms with Gasteiger partial charge in [0, 0.05) is 50.8 Å². The molecule has 30 heavy (non-hydrogen) atoms. The van der Waals surface area contributed by atoms with Crippen LogP contribution in [0.4, 0.5) is 0 Å². The van der Waals surface area contributed by atoms with Crippen LogP contribution in [0, 0.1) is 5.41 Å². The molecule has 0 saturated carbocycles. The van der Waals surface area contributed by atoms with Gasteiger partial charge in [0.15, 0.2) is 0 Å². The van der Waals surface area contributed by atoms with Crippen LogP contribution in [-0.2, 0) is 25.7 Å². The largest absolute Gasteiger partial charge is 0.483 e. The highest BCUT2D eigenvalue weighted by atomic mass is 32.1. The third kappa shape index (κ3) is 6.73. The van der Waals surface area contributed by atoms with E-state index in [1.54, 1.807) is 11.3 Å². The van der Waals surface area contributed by atoms with Crippen LogP contribution in [0.3, 0.4) is 0 Å². The van der Waals surface area contributed by atoms with Gasteiger partial charge in [-0.15, -0.1) is 11.3 Å². The number of carboxylic acid groups (broad SMARTS) is 2. The van der Waals surface area contributed by atoms with Crippen molar-refractivity contribution < 1.29 is 29.3 Å². The summed E-state index contributed by atoms with van der Waals surface area (Å²) in [6.07, 6.45) is 3.88. The molecule has 10 nitrogen and oxygen atoms in total. The van der Waals surface area contributed by atoms with Gasteiger partial charge < -0.3 is 19.8 Å². The topological polar surface area (TPSA) is 124 Å². The van der Waals surface area contributed by atoms with Gasteiger partial charge in [-0.25, -0.2) is 4.98 Å². The smallest absolute Gasteiger partial charge is 0.290 e. The first-order chi connectivity index (χ1) is 14.6. The lowest BCUT2D eigenvalue weighted by atomic mass is 9.85. The van der Waals surface area contributed by atoms with Crippen molar-refractivity contribution in [1.29, 1.82) is 0 Å². The van der Waals surface area contributed by atoms with Gasteiger partial charge in [-0.2, -0.15) is 0 Å². The first-order valence-corrected chi connectivity index (χ1v) is 10.8. The lowest BCUT2D eigenvalue weighted by Crippen LogP contribution is -2.43. The number of amides is 1. The Bertz CT molecular complexity index is 649. The fourth-order valence-corrected chi connectivity index (χ4v) is 4.84. The molecule has 1 spiro atoms. The standard InChI is InChI=1S/C17H26N4O2S.2CH2O2/c22-16-17(1-4-20(14-17)13-15-18-3-12-24-15)2-5-21(16)7-6-19-8-10-23-11-9-19;2*2-1-3/h3,12H,1-2,4-11,13-14H2;2*1H,(H,2,3). The number of hydrogen-bond acceptors (Lipinski definition) is 8. The summed E-state index contributed by atoms with van der Waals surface area (Å²) >= 11 is 1.70. The molecule has 2 N–H and O–H groups in total. The molecule has 1 atom stereocenters. The van der Waals surface area contributed by atoms with Gasteiger partial charge >= 0.3 is 0 Å². The minimum absolute atomic E-state index is 0.123. The number of likely N-dealkylation sites (tertiary alicyclic amines) is 2. The van der Waals surface area contributed by atoms with Crippen molar-refractivity contribution in [3.63, 3.8) is 0 Å². The molecule has 3 aliphatic heterocycles. The maximum absolute atomic E-state index is 13.0. The summed E-state index contributed by atoms with van der Waals surface area (Å²) in [5, 5.41) is 17.0. The Morgan fingerprint density at radius 2 is 1.73 bits per heavy atom. The zero-order chi connectivity index (χ0) is 21.8. The minimum Gasteiger partial charge on any atom is -0.483 e. The molecule has 3 fully saturated rings. The van der Waals surface area contributed by atoms with Gasteiger partial charge in [-0.05, 0) is 19.4 Å². The first-order valence-electron chi connectivity index (χ1n) is 9.94. The third-order valence-electron chi connectivity index (χ3n) is 5.67.